The number of Topliss-reactive ketones (excluding diaryl/α,β-unsaturated/α-hetero) is 1. The number of methoxy groups -OCH3 is 2. The van der Waals surface area contributed by atoms with Crippen LogP contribution in [0.1, 0.15) is 15.9 Å². The maximum absolute atomic E-state index is 12.2. The van der Waals surface area contributed by atoms with E-state index in [1.807, 2.05) is 0 Å². The highest BCUT2D eigenvalue weighted by Gasteiger charge is 2.15. The molecule has 0 bridgehead atoms. The van der Waals surface area contributed by atoms with Gasteiger partial charge < -0.3 is 14.2 Å². The molecule has 2 aromatic rings. The second-order valence-electron chi connectivity index (χ2n) is 5.10. The Morgan fingerprint density at radius 2 is 1.77 bits per heavy atom. The Kier molecular flexibility index (Phi) is 7.06. The van der Waals surface area contributed by atoms with Gasteiger partial charge in [-0.3, -0.25) is 4.79 Å². The summed E-state index contributed by atoms with van der Waals surface area (Å²) in [6.45, 7) is -0.409. The molecule has 0 N–H and O–H groups in total. The summed E-state index contributed by atoms with van der Waals surface area (Å²) in [5, 5.41) is 0.800. The summed E-state index contributed by atoms with van der Waals surface area (Å²) < 4.78 is 15.2. The SMILES string of the molecule is COc1ccc(C(=O)COC(=O)C=Cc2ccc(Cl)c(Cl)c2)c(OC)c1. The lowest BCUT2D eigenvalue weighted by molar-refractivity contribution is -0.136. The van der Waals surface area contributed by atoms with E-state index in [2.05, 4.69) is 0 Å². The third-order valence-corrected chi connectivity index (χ3v) is 4.15. The van der Waals surface area contributed by atoms with Gasteiger partial charge in [0, 0.05) is 12.1 Å². The van der Waals surface area contributed by atoms with Gasteiger partial charge in [0.25, 0.3) is 0 Å². The quantitative estimate of drug-likeness (QED) is 0.394. The molecule has 0 radical (unpaired) electrons. The molecule has 2 rings (SSSR count). The zero-order chi connectivity index (χ0) is 19.1. The van der Waals surface area contributed by atoms with Crippen LogP contribution in [0.15, 0.2) is 42.5 Å². The van der Waals surface area contributed by atoms with Gasteiger partial charge in [0.1, 0.15) is 11.5 Å². The minimum Gasteiger partial charge on any atom is -0.497 e. The Morgan fingerprint density at radius 3 is 2.42 bits per heavy atom. The van der Waals surface area contributed by atoms with Crippen LogP contribution in [0.2, 0.25) is 10.0 Å². The molecule has 26 heavy (non-hydrogen) atoms. The van der Waals surface area contributed by atoms with Crippen molar-refractivity contribution in [1.82, 2.24) is 0 Å². The summed E-state index contributed by atoms with van der Waals surface area (Å²) in [5.41, 5.74) is 0.981. The van der Waals surface area contributed by atoms with Crippen molar-refractivity contribution < 1.29 is 23.8 Å². The summed E-state index contributed by atoms with van der Waals surface area (Å²) >= 11 is 11.7. The lowest BCUT2D eigenvalue weighted by Gasteiger charge is -2.09. The van der Waals surface area contributed by atoms with E-state index in [1.54, 1.807) is 36.4 Å². The molecule has 0 aliphatic carbocycles. The normalized spacial score (nSPS) is 10.6. The van der Waals surface area contributed by atoms with E-state index in [9.17, 15) is 9.59 Å². The van der Waals surface area contributed by atoms with Crippen molar-refractivity contribution in [2.75, 3.05) is 20.8 Å². The third kappa shape index (κ3) is 5.25. The first-order valence-corrected chi connectivity index (χ1v) is 8.25. The fourth-order valence-electron chi connectivity index (χ4n) is 2.07. The molecule has 0 atom stereocenters. The first-order chi connectivity index (χ1) is 12.4. The summed E-state index contributed by atoms with van der Waals surface area (Å²) in [6, 6.07) is 9.70. The minimum absolute atomic E-state index is 0.301. The largest absolute Gasteiger partial charge is 0.497 e. The van der Waals surface area contributed by atoms with Crippen molar-refractivity contribution in [3.05, 3.63) is 63.6 Å². The van der Waals surface area contributed by atoms with E-state index in [-0.39, 0.29) is 5.78 Å². The van der Waals surface area contributed by atoms with Crippen molar-refractivity contribution in [3.8, 4) is 11.5 Å². The number of hydrogen-bond acceptors (Lipinski definition) is 5. The fraction of sp³-hybridized carbons (Fsp3) is 0.158. The molecule has 0 saturated heterocycles. The Labute approximate surface area is 161 Å². The van der Waals surface area contributed by atoms with E-state index in [0.29, 0.717) is 32.7 Å². The number of rotatable bonds is 7. The minimum atomic E-state index is -0.656. The molecule has 0 unspecified atom stereocenters. The molecule has 0 aromatic heterocycles. The van der Waals surface area contributed by atoms with Gasteiger partial charge in [0.2, 0.25) is 5.78 Å². The summed E-state index contributed by atoms with van der Waals surface area (Å²) in [5.74, 6) is -0.144. The number of halogens is 2. The van der Waals surface area contributed by atoms with Crippen LogP contribution < -0.4 is 9.47 Å². The van der Waals surface area contributed by atoms with Gasteiger partial charge in [0.15, 0.2) is 6.61 Å². The average Bonchev–Trinajstić information content (AvgIpc) is 2.66. The topological polar surface area (TPSA) is 61.8 Å². The number of carbonyl (C=O) groups excluding carboxylic acids is 2. The van der Waals surface area contributed by atoms with Crippen molar-refractivity contribution in [1.29, 1.82) is 0 Å². The third-order valence-electron chi connectivity index (χ3n) is 3.41. The molecule has 2 aromatic carbocycles. The van der Waals surface area contributed by atoms with Crippen LogP contribution in [0.4, 0.5) is 0 Å². The van der Waals surface area contributed by atoms with Crippen LogP contribution in [-0.2, 0) is 9.53 Å². The Hall–Kier alpha value is -2.50. The first-order valence-electron chi connectivity index (χ1n) is 7.49. The standard InChI is InChI=1S/C19H16Cl2O5/c1-24-13-5-6-14(18(10-13)25-2)17(22)11-26-19(23)8-4-12-3-7-15(20)16(21)9-12/h3-10H,11H2,1-2H3. The highest BCUT2D eigenvalue weighted by atomic mass is 35.5. The van der Waals surface area contributed by atoms with Gasteiger partial charge >= 0.3 is 5.97 Å². The number of carbonyl (C=O) groups is 2. The van der Waals surface area contributed by atoms with Crippen LogP contribution in [0.3, 0.4) is 0 Å². The van der Waals surface area contributed by atoms with E-state index in [1.165, 1.54) is 26.4 Å². The molecule has 0 heterocycles. The molecule has 5 nitrogen and oxygen atoms in total. The Bertz CT molecular complexity index is 846. The fourth-order valence-corrected chi connectivity index (χ4v) is 2.38. The van der Waals surface area contributed by atoms with Gasteiger partial charge in [-0.2, -0.15) is 0 Å². The highest BCUT2D eigenvalue weighted by Crippen LogP contribution is 2.25. The molecule has 0 fully saturated rings. The first kappa shape index (κ1) is 19.8. The molecule has 0 saturated carbocycles. The van der Waals surface area contributed by atoms with Crippen LogP contribution in [0.5, 0.6) is 11.5 Å². The number of hydrogen-bond donors (Lipinski definition) is 0. The van der Waals surface area contributed by atoms with Gasteiger partial charge in [-0.25, -0.2) is 4.79 Å². The Morgan fingerprint density at radius 1 is 1.00 bits per heavy atom. The highest BCUT2D eigenvalue weighted by molar-refractivity contribution is 6.42. The van der Waals surface area contributed by atoms with Gasteiger partial charge in [0.05, 0.1) is 29.8 Å². The molecular formula is C19H16Cl2O5. The second-order valence-corrected chi connectivity index (χ2v) is 5.92. The summed E-state index contributed by atoms with van der Waals surface area (Å²) in [7, 11) is 2.95. The van der Waals surface area contributed by atoms with Gasteiger partial charge in [-0.1, -0.05) is 29.3 Å². The average molecular weight is 395 g/mol. The smallest absolute Gasteiger partial charge is 0.331 e. The van der Waals surface area contributed by atoms with E-state index in [4.69, 9.17) is 37.4 Å². The number of ketones is 1. The molecule has 0 aliphatic heterocycles. The van der Waals surface area contributed by atoms with Crippen molar-refractivity contribution in [2.24, 2.45) is 0 Å². The van der Waals surface area contributed by atoms with Crippen LogP contribution in [0, 0.1) is 0 Å². The van der Waals surface area contributed by atoms with Gasteiger partial charge in [-0.15, -0.1) is 0 Å². The predicted molar refractivity (Wildman–Crippen MR) is 100 cm³/mol. The van der Waals surface area contributed by atoms with Crippen molar-refractivity contribution in [3.63, 3.8) is 0 Å². The summed E-state index contributed by atoms with van der Waals surface area (Å²) in [4.78, 5) is 24.0. The molecule has 0 amide bonds. The van der Waals surface area contributed by atoms with E-state index in [0.717, 1.165) is 0 Å². The molecule has 7 heteroatoms. The molecule has 136 valence electrons. The van der Waals surface area contributed by atoms with Gasteiger partial charge in [-0.05, 0) is 35.9 Å². The maximum atomic E-state index is 12.2. The van der Waals surface area contributed by atoms with Crippen LogP contribution >= 0.6 is 23.2 Å². The van der Waals surface area contributed by atoms with Crippen LogP contribution in [0.25, 0.3) is 6.08 Å². The molecular weight excluding hydrogens is 379 g/mol. The lowest BCUT2D eigenvalue weighted by Crippen LogP contribution is -2.13. The second kappa shape index (κ2) is 9.27. The molecule has 0 spiro atoms. The zero-order valence-corrected chi connectivity index (χ0v) is 15.6. The molecule has 0 aliphatic rings. The predicted octanol–water partition coefficient (Wildman–Crippen LogP) is 4.45. The van der Waals surface area contributed by atoms with Crippen molar-refractivity contribution >= 4 is 41.0 Å². The van der Waals surface area contributed by atoms with E-state index < -0.39 is 12.6 Å². The van der Waals surface area contributed by atoms with Crippen molar-refractivity contribution in [2.45, 2.75) is 0 Å². The number of benzene rings is 2. The summed E-state index contributed by atoms with van der Waals surface area (Å²) in [6.07, 6.45) is 2.72. The Balaban J connectivity index is 1.97. The van der Waals surface area contributed by atoms with E-state index >= 15 is 0 Å². The lowest BCUT2D eigenvalue weighted by atomic mass is 10.1. The zero-order valence-electron chi connectivity index (χ0n) is 14.1. The van der Waals surface area contributed by atoms with Crippen LogP contribution in [-0.4, -0.2) is 32.6 Å². The number of esters is 1. The monoisotopic (exact) mass is 394 g/mol. The maximum Gasteiger partial charge on any atom is 0.331 e. The number of ether oxygens (including phenoxy) is 3.